The van der Waals surface area contributed by atoms with Crippen LogP contribution in [0.2, 0.25) is 0 Å². The summed E-state index contributed by atoms with van der Waals surface area (Å²) in [6.45, 7) is 5.78. The molecule has 6 heteroatoms. The monoisotopic (exact) mass is 411 g/mol. The minimum Gasteiger partial charge on any atom is -0.349 e. The topological polar surface area (TPSA) is 62.3 Å². The number of benzene rings is 1. The molecule has 1 amide bonds. The largest absolute Gasteiger partial charge is 0.349 e. The van der Waals surface area contributed by atoms with E-state index in [1.165, 1.54) is 30.6 Å². The van der Waals surface area contributed by atoms with Crippen molar-refractivity contribution in [3.63, 3.8) is 0 Å². The van der Waals surface area contributed by atoms with E-state index >= 15 is 0 Å². The van der Waals surface area contributed by atoms with Gasteiger partial charge in [-0.15, -0.1) is 0 Å². The Labute approximate surface area is 175 Å². The molecule has 1 heterocycles. The Morgan fingerprint density at radius 1 is 1.14 bits per heavy atom. The van der Waals surface area contributed by atoms with E-state index in [-0.39, 0.29) is 16.9 Å². The third-order valence-corrected chi connectivity index (χ3v) is 8.53. The van der Waals surface area contributed by atoms with Crippen molar-refractivity contribution in [2.75, 3.05) is 23.3 Å². The van der Waals surface area contributed by atoms with Gasteiger partial charge in [0.2, 0.25) is 5.91 Å². The van der Waals surface area contributed by atoms with Crippen LogP contribution in [-0.4, -0.2) is 24.0 Å². The summed E-state index contributed by atoms with van der Waals surface area (Å²) in [5, 5.41) is 4.52. The highest BCUT2D eigenvalue weighted by Crippen LogP contribution is 2.60. The van der Waals surface area contributed by atoms with Crippen LogP contribution in [0.15, 0.2) is 23.0 Å². The first-order valence-corrected chi connectivity index (χ1v) is 11.8. The number of anilines is 2. The van der Waals surface area contributed by atoms with Crippen LogP contribution in [0.25, 0.3) is 10.1 Å². The van der Waals surface area contributed by atoms with Crippen LogP contribution in [0.4, 0.5) is 10.8 Å². The Kier molecular flexibility index (Phi) is 4.65. The van der Waals surface area contributed by atoms with Gasteiger partial charge in [0.1, 0.15) is 0 Å². The van der Waals surface area contributed by atoms with E-state index in [0.29, 0.717) is 5.39 Å². The lowest BCUT2D eigenvalue weighted by molar-refractivity contribution is -0.140. The lowest BCUT2D eigenvalue weighted by Gasteiger charge is -2.55. The molecule has 1 aromatic carbocycles. The zero-order valence-electron chi connectivity index (χ0n) is 17.2. The molecule has 0 radical (unpaired) electrons. The van der Waals surface area contributed by atoms with Gasteiger partial charge in [0.25, 0.3) is 5.56 Å². The lowest BCUT2D eigenvalue weighted by Crippen LogP contribution is -2.51. The molecule has 0 aliphatic heterocycles. The normalized spacial score (nSPS) is 29.9. The van der Waals surface area contributed by atoms with Gasteiger partial charge in [-0.3, -0.25) is 9.59 Å². The Morgan fingerprint density at radius 3 is 2.34 bits per heavy atom. The number of fused-ring (bicyclic) bond motifs is 1. The van der Waals surface area contributed by atoms with Crippen molar-refractivity contribution in [1.29, 1.82) is 0 Å². The zero-order chi connectivity index (χ0) is 20.2. The van der Waals surface area contributed by atoms with Gasteiger partial charge in [-0.05, 0) is 88.3 Å². The first kappa shape index (κ1) is 19.0. The van der Waals surface area contributed by atoms with Crippen LogP contribution in [0.3, 0.4) is 0 Å². The van der Waals surface area contributed by atoms with Gasteiger partial charge in [-0.25, -0.2) is 0 Å². The van der Waals surface area contributed by atoms with Gasteiger partial charge >= 0.3 is 0 Å². The van der Waals surface area contributed by atoms with Gasteiger partial charge < -0.3 is 10.2 Å². The molecule has 0 unspecified atom stereocenters. The Morgan fingerprint density at radius 2 is 1.76 bits per heavy atom. The van der Waals surface area contributed by atoms with Crippen molar-refractivity contribution < 1.29 is 4.79 Å². The number of carbonyl (C=O) groups excluding carboxylic acids is 1. The number of carbonyl (C=O) groups is 1. The van der Waals surface area contributed by atoms with E-state index in [4.69, 9.17) is 0 Å². The van der Waals surface area contributed by atoms with E-state index in [1.807, 2.05) is 18.2 Å². The van der Waals surface area contributed by atoms with Crippen molar-refractivity contribution in [3.8, 4) is 0 Å². The van der Waals surface area contributed by atoms with Crippen molar-refractivity contribution in [1.82, 2.24) is 4.98 Å². The number of aromatic nitrogens is 1. The molecule has 2 aromatic rings. The summed E-state index contributed by atoms with van der Waals surface area (Å²) < 4.78 is 0.916. The highest BCUT2D eigenvalue weighted by molar-refractivity contribution is 7.21. The summed E-state index contributed by atoms with van der Waals surface area (Å²) in [5.41, 5.74) is 0.323. The second-order valence-electron chi connectivity index (χ2n) is 9.34. The fourth-order valence-corrected chi connectivity index (χ4v) is 7.52. The Balaban J connectivity index is 1.41. The number of nitrogens with zero attached hydrogens (tertiary/aromatic N) is 2. The predicted molar refractivity (Wildman–Crippen MR) is 119 cm³/mol. The maximum absolute atomic E-state index is 13.3. The minimum absolute atomic E-state index is 0.166. The minimum atomic E-state index is -0.216. The Hall–Kier alpha value is -1.95. The van der Waals surface area contributed by atoms with Crippen molar-refractivity contribution in [2.45, 2.75) is 52.4 Å². The third kappa shape index (κ3) is 3.25. The van der Waals surface area contributed by atoms with Crippen molar-refractivity contribution >= 4 is 38.1 Å². The van der Waals surface area contributed by atoms with Crippen LogP contribution in [-0.2, 0) is 4.79 Å². The average molecular weight is 412 g/mol. The molecule has 1 N–H and O–H groups in total. The summed E-state index contributed by atoms with van der Waals surface area (Å²) in [7, 11) is 0. The highest BCUT2D eigenvalue weighted by atomic mass is 32.1. The number of hydrogen-bond donors (Lipinski definition) is 1. The van der Waals surface area contributed by atoms with Crippen LogP contribution < -0.4 is 15.8 Å². The van der Waals surface area contributed by atoms with Crippen molar-refractivity contribution in [3.05, 3.63) is 28.6 Å². The van der Waals surface area contributed by atoms with Crippen LogP contribution >= 0.6 is 11.3 Å². The number of nitrogens with one attached hydrogen (secondary N) is 1. The standard InChI is InChI=1S/C23H29N3O2S/c1-3-26(4-2)22-25-20(27)18-10-17(5-6-19(18)29-22)24-21(28)23-11-14-7-15(12-23)9-16(8-14)13-23/h5-6,10,14-16H,3-4,7-9,11-13H2,1-2H3,(H,24,28). The summed E-state index contributed by atoms with van der Waals surface area (Å²) in [6, 6.07) is 5.69. The molecular formula is C23H29N3O2S. The molecule has 0 atom stereocenters. The summed E-state index contributed by atoms with van der Waals surface area (Å²) in [6.07, 6.45) is 7.10. The van der Waals surface area contributed by atoms with Gasteiger partial charge in [-0.1, -0.05) is 11.3 Å². The second-order valence-corrected chi connectivity index (χ2v) is 10.3. The molecule has 4 bridgehead atoms. The highest BCUT2D eigenvalue weighted by Gasteiger charge is 2.54. The number of rotatable bonds is 5. The van der Waals surface area contributed by atoms with Gasteiger partial charge in [-0.2, -0.15) is 4.98 Å². The quantitative estimate of drug-likeness (QED) is 0.777. The molecule has 0 saturated heterocycles. The third-order valence-electron chi connectivity index (χ3n) is 7.42. The summed E-state index contributed by atoms with van der Waals surface area (Å²) in [4.78, 5) is 32.3. The molecule has 5 nitrogen and oxygen atoms in total. The smallest absolute Gasteiger partial charge is 0.281 e. The SMILES string of the molecule is CCN(CC)c1nc(=O)c2cc(NC(=O)C34CC5CC(CC(C5)C3)C4)ccc2s1. The van der Waals surface area contributed by atoms with Gasteiger partial charge in [0.05, 0.1) is 10.8 Å². The molecule has 29 heavy (non-hydrogen) atoms. The van der Waals surface area contributed by atoms with Gasteiger partial charge in [0.15, 0.2) is 5.13 Å². The van der Waals surface area contributed by atoms with Crippen LogP contribution in [0, 0.1) is 23.2 Å². The fraction of sp³-hybridized carbons (Fsp3) is 0.609. The predicted octanol–water partition coefficient (Wildman–Crippen LogP) is 4.66. The molecule has 1 aromatic heterocycles. The van der Waals surface area contributed by atoms with Crippen LogP contribution in [0.5, 0.6) is 0 Å². The molecular weight excluding hydrogens is 382 g/mol. The maximum Gasteiger partial charge on any atom is 0.281 e. The van der Waals surface area contributed by atoms with E-state index < -0.39 is 0 Å². The molecule has 4 saturated carbocycles. The molecule has 6 rings (SSSR count). The zero-order valence-corrected chi connectivity index (χ0v) is 18.1. The lowest BCUT2D eigenvalue weighted by atomic mass is 9.49. The van der Waals surface area contributed by atoms with E-state index in [1.54, 1.807) is 0 Å². The van der Waals surface area contributed by atoms with E-state index in [0.717, 1.165) is 65.6 Å². The fourth-order valence-electron chi connectivity index (χ4n) is 6.41. The number of amides is 1. The number of hydrogen-bond acceptors (Lipinski definition) is 5. The van der Waals surface area contributed by atoms with Crippen LogP contribution in [0.1, 0.15) is 52.4 Å². The molecule has 0 spiro atoms. The molecule has 4 aliphatic carbocycles. The second kappa shape index (κ2) is 7.08. The summed E-state index contributed by atoms with van der Waals surface area (Å²) >= 11 is 1.54. The van der Waals surface area contributed by atoms with Crippen molar-refractivity contribution in [2.24, 2.45) is 23.2 Å². The Bertz CT molecular complexity index is 976. The molecule has 154 valence electrons. The molecule has 4 fully saturated rings. The first-order valence-electron chi connectivity index (χ1n) is 11.0. The summed E-state index contributed by atoms with van der Waals surface area (Å²) in [5.74, 6) is 2.38. The van der Waals surface area contributed by atoms with E-state index in [9.17, 15) is 9.59 Å². The van der Waals surface area contributed by atoms with Gasteiger partial charge in [0, 0.05) is 23.5 Å². The first-order chi connectivity index (χ1) is 14.0. The maximum atomic E-state index is 13.3. The van der Waals surface area contributed by atoms with E-state index in [2.05, 4.69) is 29.0 Å². The molecule has 4 aliphatic rings. The average Bonchev–Trinajstić information content (AvgIpc) is 2.68.